The molecule has 9 aliphatic rings. The van der Waals surface area contributed by atoms with Crippen LogP contribution >= 0.6 is 21.4 Å². The number of hydrogen-bond acceptors (Lipinski definition) is 10. The highest BCUT2D eigenvalue weighted by Crippen LogP contribution is 2.45. The van der Waals surface area contributed by atoms with Crippen molar-refractivity contribution in [2.24, 2.45) is 47.3 Å². The van der Waals surface area contributed by atoms with Gasteiger partial charge in [0.25, 0.3) is 0 Å². The summed E-state index contributed by atoms with van der Waals surface area (Å²) in [4.78, 5) is 0. The van der Waals surface area contributed by atoms with Gasteiger partial charge >= 0.3 is 8.26 Å². The van der Waals surface area contributed by atoms with E-state index in [1.807, 2.05) is 0 Å². The normalized spacial score (nSPS) is 51.3. The van der Waals surface area contributed by atoms with Gasteiger partial charge in [-0.1, -0.05) is 51.4 Å². The van der Waals surface area contributed by atoms with Crippen molar-refractivity contribution < 1.29 is 8.42 Å². The summed E-state index contributed by atoms with van der Waals surface area (Å²) in [5.41, 5.74) is 0. The fourth-order valence-corrected chi connectivity index (χ4v) is 12.0. The van der Waals surface area contributed by atoms with Gasteiger partial charge in [-0.2, -0.15) is 8.42 Å². The molecule has 4 saturated carbocycles. The molecular weight excluding hydrogens is 658 g/mol. The third-order valence-electron chi connectivity index (χ3n) is 13.8. The van der Waals surface area contributed by atoms with Gasteiger partial charge in [0.15, 0.2) is 17.4 Å². The molecule has 8 atom stereocenters. The Kier molecular flexibility index (Phi) is 11.3. The fourth-order valence-electron chi connectivity index (χ4n) is 12.0. The molecule has 9 rings (SSSR count). The molecule has 0 radical (unpaired) electrons. The van der Waals surface area contributed by atoms with Gasteiger partial charge < -0.3 is 0 Å². The minimum Gasteiger partial charge on any atom is -0.286 e. The summed E-state index contributed by atoms with van der Waals surface area (Å²) >= 11 is 0. The zero-order valence-electron chi connectivity index (χ0n) is 26.5. The number of hydrogen-bond donors (Lipinski definition) is 8. The molecule has 4 aliphatic carbocycles. The lowest BCUT2D eigenvalue weighted by Crippen LogP contribution is -2.61. The van der Waals surface area contributed by atoms with Crippen molar-refractivity contribution in [1.29, 1.82) is 0 Å². The second kappa shape index (κ2) is 14.8. The van der Waals surface area contributed by atoms with Crippen molar-refractivity contribution in [3.8, 4) is 0 Å². The van der Waals surface area contributed by atoms with E-state index in [4.69, 9.17) is 8.42 Å². The first-order valence-electron chi connectivity index (χ1n) is 18.5. The van der Waals surface area contributed by atoms with Gasteiger partial charge in [0.05, 0.1) is 49.3 Å². The zero-order valence-corrected chi connectivity index (χ0v) is 28.9. The largest absolute Gasteiger partial charge is 0.317 e. The van der Waals surface area contributed by atoms with E-state index in [1.54, 1.807) is 0 Å². The molecule has 10 nitrogen and oxygen atoms in total. The van der Waals surface area contributed by atoms with Crippen molar-refractivity contribution >= 4 is 47.0 Å². The van der Waals surface area contributed by atoms with Crippen LogP contribution < -0.4 is 42.5 Å². The minimum atomic E-state index is -3.72. The lowest BCUT2D eigenvalue weighted by molar-refractivity contribution is 0.167. The second-order valence-corrected chi connectivity index (χ2v) is 19.6. The molecule has 5 aliphatic heterocycles. The average Bonchev–Trinajstić information content (AvgIpc) is 3.76. The van der Waals surface area contributed by atoms with Crippen molar-refractivity contribution in [2.75, 3.05) is 0 Å². The Morgan fingerprint density at radius 1 is 0.326 bits per heavy atom. The summed E-state index contributed by atoms with van der Waals surface area (Å²) in [5.74, 6) is 5.97. The Morgan fingerprint density at radius 2 is 0.435 bits per heavy atom. The van der Waals surface area contributed by atoms with Crippen LogP contribution in [0.3, 0.4) is 0 Å². The van der Waals surface area contributed by atoms with Crippen LogP contribution in [0.25, 0.3) is 0 Å². The summed E-state index contributed by atoms with van der Waals surface area (Å²) in [6.07, 6.45) is 25.6. The van der Waals surface area contributed by atoms with Crippen molar-refractivity contribution in [2.45, 2.75) is 152 Å². The number of nitrogens with one attached hydrogen (secondary N) is 8. The molecule has 9 fully saturated rings. The topological polar surface area (TPSA) is 130 Å². The van der Waals surface area contributed by atoms with Crippen LogP contribution in [0.4, 0.5) is 0 Å². The van der Waals surface area contributed by atoms with Crippen LogP contribution in [0.1, 0.15) is 103 Å². The summed E-state index contributed by atoms with van der Waals surface area (Å²) in [7, 11) is 4.81. The van der Waals surface area contributed by atoms with Gasteiger partial charge in [-0.15, -0.1) is 0 Å². The summed E-state index contributed by atoms with van der Waals surface area (Å²) in [6, 6.07) is 0. The SMILES string of the molecule is C1CCC2C3NC(NC4NC(NC5NC(NC6NC(N3)C3CCCCC63)C3CCCCC53)C3CCCCC43)C2C1.O=S(=O)(Cl)Cl.[AlH3]. The monoisotopic (exact) mass is 716 g/mol. The van der Waals surface area contributed by atoms with E-state index in [2.05, 4.69) is 63.9 Å². The number of fused-ring (bicyclic) bond motifs is 20. The van der Waals surface area contributed by atoms with E-state index in [1.165, 1.54) is 103 Å². The summed E-state index contributed by atoms with van der Waals surface area (Å²) in [5, 5.41) is 33.8. The predicted molar refractivity (Wildman–Crippen MR) is 188 cm³/mol. The number of rotatable bonds is 0. The molecule has 0 spiro atoms. The molecule has 5 saturated heterocycles. The Morgan fingerprint density at radius 3 is 0.543 bits per heavy atom. The lowest BCUT2D eigenvalue weighted by atomic mass is 9.76. The van der Waals surface area contributed by atoms with Crippen molar-refractivity contribution in [3.63, 3.8) is 0 Å². The summed E-state index contributed by atoms with van der Waals surface area (Å²) in [6.45, 7) is 0. The van der Waals surface area contributed by atoms with Crippen LogP contribution in [0.2, 0.25) is 0 Å². The highest BCUT2D eigenvalue weighted by molar-refractivity contribution is 8.31. The maximum absolute atomic E-state index is 9.16. The predicted octanol–water partition coefficient (Wildman–Crippen LogP) is 2.13. The molecule has 14 heteroatoms. The van der Waals surface area contributed by atoms with E-state index >= 15 is 0 Å². The zero-order chi connectivity index (χ0) is 30.7. The third kappa shape index (κ3) is 7.24. The standard InChI is InChI=1S/C32H56N8.Al.Cl2O2S.3H/c1-2-10-18-17(9-1)25-33-26(18)38-28-21-13-5-6-14-22(21)30(35-28)40-32-24-16-8-7-15-23(24)31(36-32)39-29-20-12-4-3-11-19(20)27(34-29)37-25;;1-5(2,3)4;;;/h17-40H,1-16H2;;;;;. The Labute approximate surface area is 296 Å². The van der Waals surface area contributed by atoms with Crippen LogP contribution in [0, 0.1) is 47.3 Å². The fraction of sp³-hybridized carbons (Fsp3) is 1.00. The quantitative estimate of drug-likeness (QED) is 0.140. The smallest absolute Gasteiger partial charge is 0.286 e. The van der Waals surface area contributed by atoms with E-state index < -0.39 is 8.26 Å². The van der Waals surface area contributed by atoms with Crippen molar-refractivity contribution in [1.82, 2.24) is 42.5 Å². The molecule has 46 heavy (non-hydrogen) atoms. The molecule has 0 aromatic heterocycles. The molecule has 8 unspecified atom stereocenters. The highest BCUT2D eigenvalue weighted by Gasteiger charge is 2.54. The van der Waals surface area contributed by atoms with E-state index in [-0.39, 0.29) is 17.4 Å². The molecule has 0 aromatic rings. The molecule has 8 bridgehead atoms. The van der Waals surface area contributed by atoms with Crippen LogP contribution in [-0.2, 0) is 8.26 Å². The molecule has 8 N–H and O–H groups in total. The molecule has 5 heterocycles. The highest BCUT2D eigenvalue weighted by atomic mass is 36.0. The van der Waals surface area contributed by atoms with Crippen LogP contribution in [0.15, 0.2) is 0 Å². The van der Waals surface area contributed by atoms with Gasteiger partial charge in [-0.25, -0.2) is 0 Å². The average molecular weight is 718 g/mol. The Bertz CT molecular complexity index is 945. The maximum atomic E-state index is 9.16. The van der Waals surface area contributed by atoms with Crippen LogP contribution in [-0.4, -0.2) is 75.1 Å². The van der Waals surface area contributed by atoms with E-state index in [0.717, 1.165) is 47.3 Å². The third-order valence-corrected chi connectivity index (χ3v) is 13.8. The van der Waals surface area contributed by atoms with Gasteiger partial charge in [-0.3, -0.25) is 42.5 Å². The maximum Gasteiger partial charge on any atom is 0.317 e. The van der Waals surface area contributed by atoms with E-state index in [9.17, 15) is 0 Å². The van der Waals surface area contributed by atoms with E-state index in [0.29, 0.717) is 49.3 Å². The number of halogens is 2. The Balaban J connectivity index is 0.000000526. The van der Waals surface area contributed by atoms with Gasteiger partial charge in [0.1, 0.15) is 0 Å². The Hall–Kier alpha value is 0.742. The lowest BCUT2D eigenvalue weighted by Gasteiger charge is -2.35. The molecule has 0 amide bonds. The van der Waals surface area contributed by atoms with Crippen molar-refractivity contribution in [3.05, 3.63) is 0 Å². The van der Waals surface area contributed by atoms with Gasteiger partial charge in [0.2, 0.25) is 0 Å². The van der Waals surface area contributed by atoms with Crippen LogP contribution in [0.5, 0.6) is 0 Å². The van der Waals surface area contributed by atoms with Gasteiger partial charge in [0, 0.05) is 21.4 Å². The first-order valence-corrected chi connectivity index (χ1v) is 21.7. The summed E-state index contributed by atoms with van der Waals surface area (Å²) < 4.78 is 18.3. The second-order valence-electron chi connectivity index (χ2n) is 16.0. The molecule has 0 aromatic carbocycles. The molecular formula is C32H59AlCl2N8O2S. The first-order chi connectivity index (χ1) is 21.8. The first kappa shape index (κ1) is 35.2. The van der Waals surface area contributed by atoms with Gasteiger partial charge in [-0.05, 0) is 98.7 Å². The minimum absolute atomic E-state index is 0. The molecule has 262 valence electrons.